The normalized spacial score (nSPS) is 12.8. The minimum atomic E-state index is 0.231. The molecule has 66 valence electrons. The first-order valence-electron chi connectivity index (χ1n) is 4.26. The third kappa shape index (κ3) is 2.55. The summed E-state index contributed by atoms with van der Waals surface area (Å²) >= 11 is 0. The Bertz CT molecular complexity index is 230. The van der Waals surface area contributed by atoms with E-state index in [0.717, 1.165) is 12.8 Å². The molecule has 0 radical (unpaired) electrons. The van der Waals surface area contributed by atoms with E-state index in [1.54, 1.807) is 12.1 Å². The van der Waals surface area contributed by atoms with E-state index >= 15 is 0 Å². The number of rotatable bonds is 3. The summed E-state index contributed by atoms with van der Waals surface area (Å²) in [6.07, 6.45) is 1.87. The molecule has 0 saturated heterocycles. The van der Waals surface area contributed by atoms with Gasteiger partial charge in [0, 0.05) is 6.04 Å². The van der Waals surface area contributed by atoms with E-state index < -0.39 is 0 Å². The highest BCUT2D eigenvalue weighted by Crippen LogP contribution is 2.11. The van der Waals surface area contributed by atoms with Crippen LogP contribution in [0.25, 0.3) is 0 Å². The minimum Gasteiger partial charge on any atom is -0.508 e. The van der Waals surface area contributed by atoms with Crippen LogP contribution in [-0.2, 0) is 6.42 Å². The van der Waals surface area contributed by atoms with Crippen molar-refractivity contribution in [3.63, 3.8) is 0 Å². The van der Waals surface area contributed by atoms with Crippen molar-refractivity contribution in [2.75, 3.05) is 0 Å². The maximum absolute atomic E-state index is 9.02. The van der Waals surface area contributed by atoms with Crippen molar-refractivity contribution < 1.29 is 5.11 Å². The standard InChI is InChI=1S/C10H15NO/c1-2-9(11)7-8-3-5-10(12)6-4-8/h3-6,9,12H,2,7,11H2,1H3/t9-/m1/s1. The van der Waals surface area contributed by atoms with Crippen LogP contribution in [0.5, 0.6) is 5.75 Å². The molecule has 0 aliphatic carbocycles. The van der Waals surface area contributed by atoms with Crippen molar-refractivity contribution >= 4 is 0 Å². The highest BCUT2D eigenvalue weighted by Gasteiger charge is 2.00. The summed E-state index contributed by atoms with van der Waals surface area (Å²) < 4.78 is 0. The van der Waals surface area contributed by atoms with Gasteiger partial charge in [-0.15, -0.1) is 0 Å². The van der Waals surface area contributed by atoms with Crippen LogP contribution in [0.4, 0.5) is 0 Å². The Morgan fingerprint density at radius 1 is 1.33 bits per heavy atom. The molecule has 0 fully saturated rings. The molecule has 1 atom stereocenters. The summed E-state index contributed by atoms with van der Waals surface area (Å²) in [5, 5.41) is 9.02. The molecule has 3 N–H and O–H groups in total. The molecule has 1 aromatic carbocycles. The fourth-order valence-corrected chi connectivity index (χ4v) is 1.08. The topological polar surface area (TPSA) is 46.2 Å². The van der Waals surface area contributed by atoms with E-state index in [4.69, 9.17) is 10.8 Å². The first kappa shape index (κ1) is 9.07. The Labute approximate surface area is 73.0 Å². The van der Waals surface area contributed by atoms with Crippen molar-refractivity contribution in [3.8, 4) is 5.75 Å². The van der Waals surface area contributed by atoms with Crippen LogP contribution < -0.4 is 5.73 Å². The third-order valence-corrected chi connectivity index (χ3v) is 1.96. The highest BCUT2D eigenvalue weighted by atomic mass is 16.3. The van der Waals surface area contributed by atoms with E-state index in [-0.39, 0.29) is 6.04 Å². The maximum atomic E-state index is 9.02. The Balaban J connectivity index is 2.58. The monoisotopic (exact) mass is 165 g/mol. The van der Waals surface area contributed by atoms with Crippen LogP contribution in [0.15, 0.2) is 24.3 Å². The average Bonchev–Trinajstić information content (AvgIpc) is 2.09. The van der Waals surface area contributed by atoms with Crippen molar-refractivity contribution in [1.82, 2.24) is 0 Å². The molecular formula is C10H15NO. The van der Waals surface area contributed by atoms with Crippen molar-refractivity contribution in [2.24, 2.45) is 5.73 Å². The highest BCUT2D eigenvalue weighted by molar-refractivity contribution is 5.26. The van der Waals surface area contributed by atoms with E-state index in [1.165, 1.54) is 5.56 Å². The van der Waals surface area contributed by atoms with Gasteiger partial charge in [-0.05, 0) is 30.5 Å². The van der Waals surface area contributed by atoms with Crippen molar-refractivity contribution in [1.29, 1.82) is 0 Å². The molecule has 0 aliphatic heterocycles. The Morgan fingerprint density at radius 2 is 1.92 bits per heavy atom. The van der Waals surface area contributed by atoms with Crippen molar-refractivity contribution in [3.05, 3.63) is 29.8 Å². The summed E-state index contributed by atoms with van der Waals surface area (Å²) in [6, 6.07) is 7.43. The number of benzene rings is 1. The molecule has 1 rings (SSSR count). The lowest BCUT2D eigenvalue weighted by Gasteiger charge is -2.07. The van der Waals surface area contributed by atoms with Gasteiger partial charge in [0.25, 0.3) is 0 Å². The first-order valence-corrected chi connectivity index (χ1v) is 4.26. The predicted octanol–water partition coefficient (Wildman–Crippen LogP) is 1.67. The van der Waals surface area contributed by atoms with Gasteiger partial charge in [-0.1, -0.05) is 19.1 Å². The van der Waals surface area contributed by atoms with Gasteiger partial charge in [0.15, 0.2) is 0 Å². The Hall–Kier alpha value is -1.02. The van der Waals surface area contributed by atoms with Gasteiger partial charge < -0.3 is 10.8 Å². The number of phenolic OH excluding ortho intramolecular Hbond substituents is 1. The second kappa shape index (κ2) is 4.12. The second-order valence-corrected chi connectivity index (χ2v) is 3.04. The van der Waals surface area contributed by atoms with Crippen LogP contribution in [0.1, 0.15) is 18.9 Å². The number of aromatic hydroxyl groups is 1. The van der Waals surface area contributed by atoms with Crippen molar-refractivity contribution in [2.45, 2.75) is 25.8 Å². The Morgan fingerprint density at radius 3 is 2.42 bits per heavy atom. The molecule has 0 amide bonds. The molecule has 2 heteroatoms. The zero-order chi connectivity index (χ0) is 8.97. The summed E-state index contributed by atoms with van der Waals surface area (Å²) in [7, 11) is 0. The van der Waals surface area contributed by atoms with Gasteiger partial charge in [-0.25, -0.2) is 0 Å². The van der Waals surface area contributed by atoms with E-state index in [2.05, 4.69) is 6.92 Å². The molecule has 0 unspecified atom stereocenters. The second-order valence-electron chi connectivity index (χ2n) is 3.04. The molecule has 0 aliphatic rings. The first-order chi connectivity index (χ1) is 5.72. The molecular weight excluding hydrogens is 150 g/mol. The van der Waals surface area contributed by atoms with Gasteiger partial charge in [0.1, 0.15) is 5.75 Å². The van der Waals surface area contributed by atoms with Crippen LogP contribution in [0.2, 0.25) is 0 Å². The lowest BCUT2D eigenvalue weighted by atomic mass is 10.1. The van der Waals surface area contributed by atoms with Crippen LogP contribution >= 0.6 is 0 Å². The number of phenols is 1. The summed E-state index contributed by atoms with van der Waals surface area (Å²) in [5.41, 5.74) is 6.96. The number of nitrogens with two attached hydrogens (primary N) is 1. The third-order valence-electron chi connectivity index (χ3n) is 1.96. The molecule has 0 aromatic heterocycles. The smallest absolute Gasteiger partial charge is 0.115 e. The molecule has 0 heterocycles. The fraction of sp³-hybridized carbons (Fsp3) is 0.400. The molecule has 1 aromatic rings. The largest absolute Gasteiger partial charge is 0.508 e. The van der Waals surface area contributed by atoms with E-state index in [9.17, 15) is 0 Å². The van der Waals surface area contributed by atoms with E-state index in [0.29, 0.717) is 5.75 Å². The predicted molar refractivity (Wildman–Crippen MR) is 50.1 cm³/mol. The van der Waals surface area contributed by atoms with Gasteiger partial charge in [0.2, 0.25) is 0 Å². The number of hydrogen-bond donors (Lipinski definition) is 2. The van der Waals surface area contributed by atoms with Gasteiger partial charge in [0.05, 0.1) is 0 Å². The maximum Gasteiger partial charge on any atom is 0.115 e. The zero-order valence-corrected chi connectivity index (χ0v) is 7.33. The number of hydrogen-bond acceptors (Lipinski definition) is 2. The molecule has 12 heavy (non-hydrogen) atoms. The summed E-state index contributed by atoms with van der Waals surface area (Å²) in [4.78, 5) is 0. The lowest BCUT2D eigenvalue weighted by molar-refractivity contribution is 0.475. The fourth-order valence-electron chi connectivity index (χ4n) is 1.08. The van der Waals surface area contributed by atoms with Gasteiger partial charge >= 0.3 is 0 Å². The average molecular weight is 165 g/mol. The quantitative estimate of drug-likeness (QED) is 0.715. The summed E-state index contributed by atoms with van der Waals surface area (Å²) in [5.74, 6) is 0.309. The minimum absolute atomic E-state index is 0.231. The summed E-state index contributed by atoms with van der Waals surface area (Å²) in [6.45, 7) is 2.07. The SMILES string of the molecule is CC[C@@H](N)Cc1ccc(O)cc1. The Kier molecular flexibility index (Phi) is 3.11. The molecule has 0 saturated carbocycles. The van der Waals surface area contributed by atoms with Crippen LogP contribution in [0, 0.1) is 0 Å². The van der Waals surface area contributed by atoms with E-state index in [1.807, 2.05) is 12.1 Å². The van der Waals surface area contributed by atoms with Crippen LogP contribution in [-0.4, -0.2) is 11.1 Å². The lowest BCUT2D eigenvalue weighted by Crippen LogP contribution is -2.21. The van der Waals surface area contributed by atoms with Gasteiger partial charge in [-0.3, -0.25) is 0 Å². The van der Waals surface area contributed by atoms with Gasteiger partial charge in [-0.2, -0.15) is 0 Å². The van der Waals surface area contributed by atoms with Crippen LogP contribution in [0.3, 0.4) is 0 Å². The molecule has 0 bridgehead atoms. The molecule has 2 nitrogen and oxygen atoms in total. The zero-order valence-electron chi connectivity index (χ0n) is 7.33. The molecule has 0 spiro atoms.